The first-order valence-electron chi connectivity index (χ1n) is 9.21. The standard InChI is InChI=1S/C20H27N7O.HI/c1-20(2,3)18-25-16(26-28-18)12-23-19(21-4)27(5)13-17-22-11-15(24-17)14-9-7-6-8-10-14;/h6-11H,12-13H2,1-5H3,(H,21,23)(H,22,24);1H. The highest BCUT2D eigenvalue weighted by atomic mass is 127. The molecule has 0 spiro atoms. The van der Waals surface area contributed by atoms with Gasteiger partial charge in [-0.3, -0.25) is 4.99 Å². The van der Waals surface area contributed by atoms with Gasteiger partial charge >= 0.3 is 0 Å². The monoisotopic (exact) mass is 509 g/mol. The first-order valence-corrected chi connectivity index (χ1v) is 9.21. The molecule has 0 unspecified atom stereocenters. The Morgan fingerprint density at radius 1 is 1.24 bits per heavy atom. The fraction of sp³-hybridized carbons (Fsp3) is 0.400. The maximum absolute atomic E-state index is 5.33. The quantitative estimate of drug-likeness (QED) is 0.310. The smallest absolute Gasteiger partial charge is 0.232 e. The minimum atomic E-state index is -0.167. The first-order chi connectivity index (χ1) is 13.4. The van der Waals surface area contributed by atoms with Gasteiger partial charge in [-0.15, -0.1) is 24.0 Å². The van der Waals surface area contributed by atoms with Crippen LogP contribution in [0, 0.1) is 0 Å². The molecule has 0 fully saturated rings. The topological polar surface area (TPSA) is 95.2 Å². The number of aromatic amines is 1. The second-order valence-corrected chi connectivity index (χ2v) is 7.63. The number of nitrogens with zero attached hydrogens (tertiary/aromatic N) is 5. The van der Waals surface area contributed by atoms with Crippen molar-refractivity contribution in [1.29, 1.82) is 0 Å². The number of rotatable bonds is 5. The van der Waals surface area contributed by atoms with Crippen molar-refractivity contribution in [3.8, 4) is 11.3 Å². The van der Waals surface area contributed by atoms with Crippen molar-refractivity contribution in [3.05, 3.63) is 54.1 Å². The Hall–Kier alpha value is -2.43. The van der Waals surface area contributed by atoms with E-state index in [1.165, 1.54) is 0 Å². The largest absolute Gasteiger partial charge is 0.349 e. The van der Waals surface area contributed by atoms with Gasteiger partial charge in [-0.25, -0.2) is 4.98 Å². The summed E-state index contributed by atoms with van der Waals surface area (Å²) in [5.41, 5.74) is 1.94. The van der Waals surface area contributed by atoms with E-state index in [-0.39, 0.29) is 29.4 Å². The van der Waals surface area contributed by atoms with Gasteiger partial charge in [0.1, 0.15) is 5.82 Å². The van der Waals surface area contributed by atoms with Gasteiger partial charge in [0.2, 0.25) is 5.89 Å². The third-order valence-corrected chi connectivity index (χ3v) is 4.19. The lowest BCUT2D eigenvalue weighted by Gasteiger charge is -2.20. The maximum atomic E-state index is 5.33. The molecular weight excluding hydrogens is 481 g/mol. The van der Waals surface area contributed by atoms with Crippen molar-refractivity contribution in [2.75, 3.05) is 14.1 Å². The van der Waals surface area contributed by atoms with E-state index in [9.17, 15) is 0 Å². The molecule has 2 heterocycles. The molecular formula is C20H28IN7O. The van der Waals surface area contributed by atoms with Crippen molar-refractivity contribution in [1.82, 2.24) is 30.3 Å². The van der Waals surface area contributed by atoms with E-state index >= 15 is 0 Å². The number of H-pyrrole nitrogens is 1. The number of aliphatic imine (C=N–C) groups is 1. The minimum Gasteiger partial charge on any atom is -0.349 e. The number of hydrogen-bond donors (Lipinski definition) is 2. The Balaban J connectivity index is 0.00000300. The molecule has 156 valence electrons. The van der Waals surface area contributed by atoms with Crippen LogP contribution in [0.1, 0.15) is 38.3 Å². The van der Waals surface area contributed by atoms with Crippen molar-refractivity contribution in [2.45, 2.75) is 39.3 Å². The molecule has 1 aromatic carbocycles. The highest BCUT2D eigenvalue weighted by molar-refractivity contribution is 14.0. The fourth-order valence-electron chi connectivity index (χ4n) is 2.68. The highest BCUT2D eigenvalue weighted by Gasteiger charge is 2.21. The number of halogens is 1. The van der Waals surface area contributed by atoms with Crippen LogP contribution in [0.2, 0.25) is 0 Å². The number of imidazole rings is 1. The second kappa shape index (κ2) is 9.86. The van der Waals surface area contributed by atoms with Gasteiger partial charge in [0.25, 0.3) is 0 Å². The Kier molecular flexibility index (Phi) is 7.77. The van der Waals surface area contributed by atoms with Gasteiger partial charge in [-0.2, -0.15) is 4.98 Å². The summed E-state index contributed by atoms with van der Waals surface area (Å²) >= 11 is 0. The average Bonchev–Trinajstić information content (AvgIpc) is 3.32. The minimum absolute atomic E-state index is 0. The predicted octanol–water partition coefficient (Wildman–Crippen LogP) is 3.58. The average molecular weight is 509 g/mol. The Labute approximate surface area is 188 Å². The Bertz CT molecular complexity index is 928. The number of guanidine groups is 1. The van der Waals surface area contributed by atoms with Crippen LogP contribution in [0.3, 0.4) is 0 Å². The number of hydrogen-bond acceptors (Lipinski definition) is 5. The molecule has 3 aromatic rings. The summed E-state index contributed by atoms with van der Waals surface area (Å²) in [7, 11) is 3.70. The second-order valence-electron chi connectivity index (χ2n) is 7.63. The van der Waals surface area contributed by atoms with Gasteiger partial charge in [0.15, 0.2) is 11.8 Å². The van der Waals surface area contributed by atoms with Crippen LogP contribution in [0.25, 0.3) is 11.3 Å². The summed E-state index contributed by atoms with van der Waals surface area (Å²) < 4.78 is 5.33. The third-order valence-electron chi connectivity index (χ3n) is 4.19. The van der Waals surface area contributed by atoms with E-state index in [2.05, 4.69) is 42.6 Å². The maximum Gasteiger partial charge on any atom is 0.232 e. The number of nitrogens with one attached hydrogen (secondary N) is 2. The molecule has 0 saturated carbocycles. The molecule has 0 radical (unpaired) electrons. The normalized spacial score (nSPS) is 11.8. The zero-order valence-corrected chi connectivity index (χ0v) is 19.8. The molecule has 2 N–H and O–H groups in total. The zero-order chi connectivity index (χ0) is 20.1. The number of aromatic nitrogens is 4. The molecule has 0 aliphatic heterocycles. The van der Waals surface area contributed by atoms with Gasteiger partial charge in [0.05, 0.1) is 25.0 Å². The van der Waals surface area contributed by atoms with E-state index in [4.69, 9.17) is 4.52 Å². The van der Waals surface area contributed by atoms with Gasteiger partial charge in [0, 0.05) is 19.5 Å². The van der Waals surface area contributed by atoms with Crippen LogP contribution in [0.5, 0.6) is 0 Å². The molecule has 2 aromatic heterocycles. The van der Waals surface area contributed by atoms with Crippen LogP contribution in [0.15, 0.2) is 46.0 Å². The lowest BCUT2D eigenvalue weighted by Crippen LogP contribution is -2.38. The highest BCUT2D eigenvalue weighted by Crippen LogP contribution is 2.19. The fourth-order valence-corrected chi connectivity index (χ4v) is 2.68. The predicted molar refractivity (Wildman–Crippen MR) is 124 cm³/mol. The van der Waals surface area contributed by atoms with Crippen LogP contribution in [-0.2, 0) is 18.5 Å². The van der Waals surface area contributed by atoms with E-state index in [0.29, 0.717) is 24.8 Å². The van der Waals surface area contributed by atoms with Crippen LogP contribution in [0.4, 0.5) is 0 Å². The number of benzene rings is 1. The molecule has 0 amide bonds. The molecule has 29 heavy (non-hydrogen) atoms. The lowest BCUT2D eigenvalue weighted by atomic mass is 9.97. The molecule has 9 heteroatoms. The van der Waals surface area contributed by atoms with E-state index in [0.717, 1.165) is 23.0 Å². The van der Waals surface area contributed by atoms with Gasteiger partial charge < -0.3 is 19.7 Å². The molecule has 3 rings (SSSR count). The van der Waals surface area contributed by atoms with Crippen molar-refractivity contribution in [2.24, 2.45) is 4.99 Å². The van der Waals surface area contributed by atoms with Gasteiger partial charge in [-0.05, 0) is 5.56 Å². The summed E-state index contributed by atoms with van der Waals surface area (Å²) in [5.74, 6) is 2.80. The SMILES string of the molecule is CN=C(NCc1noc(C(C)(C)C)n1)N(C)Cc1ncc(-c2ccccc2)[nH]1.I. The Morgan fingerprint density at radius 2 is 1.97 bits per heavy atom. The van der Waals surface area contributed by atoms with Crippen LogP contribution in [-0.4, -0.2) is 45.1 Å². The Morgan fingerprint density at radius 3 is 2.59 bits per heavy atom. The lowest BCUT2D eigenvalue weighted by molar-refractivity contribution is 0.318. The molecule has 0 saturated heterocycles. The van der Waals surface area contributed by atoms with E-state index in [1.807, 2.05) is 57.1 Å². The van der Waals surface area contributed by atoms with Crippen molar-refractivity contribution < 1.29 is 4.52 Å². The summed E-state index contributed by atoms with van der Waals surface area (Å²) in [6, 6.07) is 10.1. The molecule has 0 aliphatic rings. The molecule has 0 atom stereocenters. The van der Waals surface area contributed by atoms with Crippen LogP contribution < -0.4 is 5.32 Å². The van der Waals surface area contributed by atoms with E-state index in [1.54, 1.807) is 7.05 Å². The molecule has 0 bridgehead atoms. The van der Waals surface area contributed by atoms with Crippen molar-refractivity contribution >= 4 is 29.9 Å². The van der Waals surface area contributed by atoms with Gasteiger partial charge in [-0.1, -0.05) is 56.3 Å². The van der Waals surface area contributed by atoms with Crippen LogP contribution >= 0.6 is 24.0 Å². The first kappa shape index (κ1) is 22.9. The summed E-state index contributed by atoms with van der Waals surface area (Å²) in [6.45, 7) is 7.14. The molecule has 8 nitrogen and oxygen atoms in total. The van der Waals surface area contributed by atoms with E-state index < -0.39 is 0 Å². The summed E-state index contributed by atoms with van der Waals surface area (Å²) in [6.07, 6.45) is 1.85. The summed E-state index contributed by atoms with van der Waals surface area (Å²) in [5, 5.41) is 7.29. The zero-order valence-electron chi connectivity index (χ0n) is 17.4. The third kappa shape index (κ3) is 6.02. The van der Waals surface area contributed by atoms with Crippen molar-refractivity contribution in [3.63, 3.8) is 0 Å². The molecule has 0 aliphatic carbocycles. The summed E-state index contributed by atoms with van der Waals surface area (Å²) in [4.78, 5) is 18.6.